The van der Waals surface area contributed by atoms with Gasteiger partial charge in [0.15, 0.2) is 17.5 Å². The Hall–Kier alpha value is -3.14. The summed E-state index contributed by atoms with van der Waals surface area (Å²) in [5.41, 5.74) is 3.10. The van der Waals surface area contributed by atoms with Gasteiger partial charge in [0.2, 0.25) is 5.95 Å². The van der Waals surface area contributed by atoms with Crippen molar-refractivity contribution >= 4 is 29.1 Å². The van der Waals surface area contributed by atoms with Gasteiger partial charge in [0.25, 0.3) is 0 Å². The zero-order valence-electron chi connectivity index (χ0n) is 18.5. The third-order valence-corrected chi connectivity index (χ3v) is 5.78. The summed E-state index contributed by atoms with van der Waals surface area (Å²) < 4.78 is 3.66. The Balaban J connectivity index is 1.65. The summed E-state index contributed by atoms with van der Waals surface area (Å²) in [5, 5.41) is 15.6. The molecule has 1 atom stereocenters. The van der Waals surface area contributed by atoms with E-state index in [1.165, 1.54) is 0 Å². The molecule has 2 N–H and O–H groups in total. The topological polar surface area (TPSA) is 92.0 Å². The number of aromatic nitrogens is 6. The van der Waals surface area contributed by atoms with Gasteiger partial charge in [-0.05, 0) is 27.8 Å². The first kappa shape index (κ1) is 20.1. The van der Waals surface area contributed by atoms with Gasteiger partial charge in [-0.15, -0.1) is 0 Å². The van der Waals surface area contributed by atoms with Crippen molar-refractivity contribution < 1.29 is 0 Å². The molecule has 30 heavy (non-hydrogen) atoms. The monoisotopic (exact) mass is 410 g/mol. The second kappa shape index (κ2) is 7.94. The third kappa shape index (κ3) is 4.09. The number of nitrogens with one attached hydrogen (secondary N) is 2. The molecule has 3 aromatic rings. The quantitative estimate of drug-likeness (QED) is 0.661. The first-order chi connectivity index (χ1) is 14.3. The van der Waals surface area contributed by atoms with Gasteiger partial charge in [-0.25, -0.2) is 4.98 Å². The number of rotatable bonds is 5. The van der Waals surface area contributed by atoms with Crippen LogP contribution in [0.15, 0.2) is 18.3 Å². The third-order valence-electron chi connectivity index (χ3n) is 5.78. The maximum Gasteiger partial charge on any atom is 0.230 e. The van der Waals surface area contributed by atoms with E-state index in [9.17, 15) is 0 Å². The standard InChI is InChI=1S/C20H30N10/c1-13-9-17(25-28(13)5)22-19-16(30-8-7-27(4)15(3)12-30)11-21-20(24-19)23-18-10-14(2)29(6)26-18/h9-11,15H,7-8,12H2,1-6H3,(H2,21,22,23,24,25,26)/t15-/m1/s1. The minimum Gasteiger partial charge on any atom is -0.364 e. The number of aryl methyl sites for hydroxylation is 4. The Bertz CT molecular complexity index is 997. The lowest BCUT2D eigenvalue weighted by atomic mass is 10.2. The van der Waals surface area contributed by atoms with Crippen LogP contribution in [0.25, 0.3) is 0 Å². The average Bonchev–Trinajstić information content (AvgIpc) is 3.18. The molecule has 0 unspecified atom stereocenters. The minimum atomic E-state index is 0.456. The van der Waals surface area contributed by atoms with Crippen LogP contribution < -0.4 is 15.5 Å². The van der Waals surface area contributed by atoms with Gasteiger partial charge >= 0.3 is 0 Å². The SMILES string of the molecule is Cc1cc(Nc2ncc(N3CCN(C)[C@H](C)C3)c(Nc3cc(C)n(C)n3)n2)nn1C. The molecule has 0 bridgehead atoms. The van der Waals surface area contributed by atoms with E-state index in [1.807, 2.05) is 55.6 Å². The Morgan fingerprint density at radius 2 is 1.57 bits per heavy atom. The van der Waals surface area contributed by atoms with Crippen molar-refractivity contribution in [3.05, 3.63) is 29.7 Å². The van der Waals surface area contributed by atoms with E-state index < -0.39 is 0 Å². The molecule has 0 spiro atoms. The van der Waals surface area contributed by atoms with Crippen molar-refractivity contribution in [2.45, 2.75) is 26.8 Å². The highest BCUT2D eigenvalue weighted by molar-refractivity contribution is 5.72. The number of likely N-dealkylation sites (N-methyl/N-ethyl adjacent to an activating group) is 1. The molecule has 10 heteroatoms. The van der Waals surface area contributed by atoms with Crippen LogP contribution in [0.5, 0.6) is 0 Å². The van der Waals surface area contributed by atoms with Gasteiger partial charge in [-0.2, -0.15) is 15.2 Å². The highest BCUT2D eigenvalue weighted by Gasteiger charge is 2.24. The van der Waals surface area contributed by atoms with E-state index in [1.54, 1.807) is 0 Å². The van der Waals surface area contributed by atoms with E-state index >= 15 is 0 Å². The first-order valence-corrected chi connectivity index (χ1v) is 10.2. The van der Waals surface area contributed by atoms with E-state index in [0.29, 0.717) is 12.0 Å². The number of anilines is 5. The van der Waals surface area contributed by atoms with Crippen molar-refractivity contribution in [2.24, 2.45) is 14.1 Å². The summed E-state index contributed by atoms with van der Waals surface area (Å²) >= 11 is 0. The molecule has 160 valence electrons. The molecule has 0 saturated carbocycles. The lowest BCUT2D eigenvalue weighted by Gasteiger charge is -2.39. The van der Waals surface area contributed by atoms with Crippen molar-refractivity contribution in [3.63, 3.8) is 0 Å². The molecule has 4 rings (SSSR count). The smallest absolute Gasteiger partial charge is 0.230 e. The van der Waals surface area contributed by atoms with Crippen LogP contribution in [0.2, 0.25) is 0 Å². The van der Waals surface area contributed by atoms with Gasteiger partial charge in [0.1, 0.15) is 0 Å². The summed E-state index contributed by atoms with van der Waals surface area (Å²) in [6.45, 7) is 9.11. The molecular weight excluding hydrogens is 380 g/mol. The summed E-state index contributed by atoms with van der Waals surface area (Å²) in [6, 6.07) is 4.43. The highest BCUT2D eigenvalue weighted by Crippen LogP contribution is 2.29. The summed E-state index contributed by atoms with van der Waals surface area (Å²) in [7, 11) is 6.01. The van der Waals surface area contributed by atoms with Crippen LogP contribution in [0, 0.1) is 13.8 Å². The Kier molecular flexibility index (Phi) is 5.33. The summed E-state index contributed by atoms with van der Waals surface area (Å²) in [4.78, 5) is 14.0. The Morgan fingerprint density at radius 3 is 2.13 bits per heavy atom. The minimum absolute atomic E-state index is 0.456. The van der Waals surface area contributed by atoms with Crippen LogP contribution in [-0.2, 0) is 14.1 Å². The number of hydrogen-bond acceptors (Lipinski definition) is 8. The summed E-state index contributed by atoms with van der Waals surface area (Å²) in [5.74, 6) is 2.71. The largest absolute Gasteiger partial charge is 0.364 e. The molecule has 0 radical (unpaired) electrons. The fourth-order valence-electron chi connectivity index (χ4n) is 3.51. The van der Waals surface area contributed by atoms with E-state index in [-0.39, 0.29) is 0 Å². The second-order valence-electron chi connectivity index (χ2n) is 8.04. The molecule has 1 aliphatic heterocycles. The molecule has 3 aromatic heterocycles. The van der Waals surface area contributed by atoms with Crippen LogP contribution in [0.4, 0.5) is 29.1 Å². The Morgan fingerprint density at radius 1 is 0.933 bits per heavy atom. The molecular formula is C20H30N10. The van der Waals surface area contributed by atoms with Crippen LogP contribution in [-0.4, -0.2) is 67.2 Å². The van der Waals surface area contributed by atoms with Crippen molar-refractivity contribution in [3.8, 4) is 0 Å². The highest BCUT2D eigenvalue weighted by atomic mass is 15.3. The van der Waals surface area contributed by atoms with Crippen LogP contribution >= 0.6 is 0 Å². The van der Waals surface area contributed by atoms with E-state index in [2.05, 4.69) is 49.6 Å². The number of nitrogens with zero attached hydrogens (tertiary/aromatic N) is 8. The maximum atomic E-state index is 4.77. The number of piperazine rings is 1. The summed E-state index contributed by atoms with van der Waals surface area (Å²) in [6.07, 6.45) is 1.88. The van der Waals surface area contributed by atoms with Gasteiger partial charge in [0, 0.05) is 63.3 Å². The molecule has 10 nitrogen and oxygen atoms in total. The predicted molar refractivity (Wildman–Crippen MR) is 119 cm³/mol. The van der Waals surface area contributed by atoms with Crippen molar-refractivity contribution in [1.29, 1.82) is 0 Å². The van der Waals surface area contributed by atoms with Crippen molar-refractivity contribution in [2.75, 3.05) is 42.2 Å². The van der Waals surface area contributed by atoms with Crippen LogP contribution in [0.3, 0.4) is 0 Å². The second-order valence-corrected chi connectivity index (χ2v) is 8.04. The molecule has 1 fully saturated rings. The lowest BCUT2D eigenvalue weighted by Crippen LogP contribution is -2.50. The van der Waals surface area contributed by atoms with E-state index in [0.717, 1.165) is 54.2 Å². The molecule has 1 aliphatic rings. The Labute approximate surface area is 176 Å². The molecule has 0 amide bonds. The molecule has 1 saturated heterocycles. The average molecular weight is 411 g/mol. The molecule has 0 aromatic carbocycles. The zero-order chi connectivity index (χ0) is 21.4. The van der Waals surface area contributed by atoms with Gasteiger partial charge in [-0.3, -0.25) is 9.36 Å². The fourth-order valence-corrected chi connectivity index (χ4v) is 3.51. The lowest BCUT2D eigenvalue weighted by molar-refractivity contribution is 0.234. The number of hydrogen-bond donors (Lipinski definition) is 2. The van der Waals surface area contributed by atoms with E-state index in [4.69, 9.17) is 4.98 Å². The molecule has 4 heterocycles. The normalized spacial score (nSPS) is 17.4. The maximum absolute atomic E-state index is 4.77. The van der Waals surface area contributed by atoms with Gasteiger partial charge in [0.05, 0.1) is 11.9 Å². The predicted octanol–water partition coefficient (Wildman–Crippen LogP) is 2.19. The van der Waals surface area contributed by atoms with Gasteiger partial charge in [-0.1, -0.05) is 0 Å². The molecule has 0 aliphatic carbocycles. The zero-order valence-corrected chi connectivity index (χ0v) is 18.5. The first-order valence-electron chi connectivity index (χ1n) is 10.2. The van der Waals surface area contributed by atoms with Gasteiger partial charge < -0.3 is 20.4 Å². The van der Waals surface area contributed by atoms with Crippen molar-refractivity contribution in [1.82, 2.24) is 34.4 Å². The van der Waals surface area contributed by atoms with Crippen LogP contribution in [0.1, 0.15) is 18.3 Å². The fraction of sp³-hybridized carbons (Fsp3) is 0.500.